The highest BCUT2D eigenvalue weighted by Crippen LogP contribution is 2.11. The van der Waals surface area contributed by atoms with Gasteiger partial charge in [0.15, 0.2) is 0 Å². The third kappa shape index (κ3) is 1.44. The van der Waals surface area contributed by atoms with Gasteiger partial charge in [-0.15, -0.1) is 0 Å². The average Bonchev–Trinajstić information content (AvgIpc) is 2.18. The van der Waals surface area contributed by atoms with Gasteiger partial charge in [0.25, 0.3) is 0 Å². The van der Waals surface area contributed by atoms with Crippen molar-refractivity contribution in [3.8, 4) is 0 Å². The molecule has 9 heavy (non-hydrogen) atoms. The van der Waals surface area contributed by atoms with Gasteiger partial charge in [-0.2, -0.15) is 0 Å². The van der Waals surface area contributed by atoms with Crippen LogP contribution in [0.2, 0.25) is 0 Å². The molecule has 0 aromatic rings. The Hall–Kier alpha value is -0.530. The second-order valence-corrected chi connectivity index (χ2v) is 2.28. The summed E-state index contributed by atoms with van der Waals surface area (Å²) < 4.78 is 0. The van der Waals surface area contributed by atoms with E-state index in [4.69, 9.17) is 0 Å². The third-order valence-corrected chi connectivity index (χ3v) is 1.51. The van der Waals surface area contributed by atoms with Crippen molar-refractivity contribution in [3.63, 3.8) is 0 Å². The zero-order valence-corrected chi connectivity index (χ0v) is 5.76. The molecule has 1 rings (SSSR count). The highest BCUT2D eigenvalue weighted by molar-refractivity contribution is 5.78. The van der Waals surface area contributed by atoms with Crippen LogP contribution in [0.15, 0.2) is 0 Å². The summed E-state index contributed by atoms with van der Waals surface area (Å²) in [6, 6.07) is 0. The molecule has 1 aliphatic rings. The largest absolute Gasteiger partial charge is 0.338 e. The molecule has 1 radical (unpaired) electrons. The Morgan fingerprint density at radius 2 is 2.56 bits per heavy atom. The number of rotatable bonds is 2. The maximum atomic E-state index is 10.9. The van der Waals surface area contributed by atoms with Crippen molar-refractivity contribution in [3.05, 3.63) is 6.54 Å². The first-order valence-corrected chi connectivity index (χ1v) is 3.47. The van der Waals surface area contributed by atoms with E-state index in [1.165, 1.54) is 0 Å². The van der Waals surface area contributed by atoms with Crippen LogP contribution in [-0.2, 0) is 4.79 Å². The molecule has 1 amide bonds. The molecule has 0 unspecified atom stereocenters. The average molecular weight is 126 g/mol. The summed E-state index contributed by atoms with van der Waals surface area (Å²) in [5.41, 5.74) is 0. The van der Waals surface area contributed by atoms with Gasteiger partial charge in [0, 0.05) is 13.0 Å². The predicted octanol–water partition coefficient (Wildman–Crippen LogP) is 1.18. The minimum Gasteiger partial charge on any atom is -0.338 e. The van der Waals surface area contributed by atoms with E-state index in [0.29, 0.717) is 0 Å². The molecule has 0 N–H and O–H groups in total. The Kier molecular flexibility index (Phi) is 2.09. The first-order valence-electron chi connectivity index (χ1n) is 3.47. The van der Waals surface area contributed by atoms with E-state index in [1.807, 2.05) is 18.4 Å². The molecule has 0 aliphatic carbocycles. The third-order valence-electron chi connectivity index (χ3n) is 1.51. The van der Waals surface area contributed by atoms with Crippen LogP contribution in [0.25, 0.3) is 0 Å². The van der Waals surface area contributed by atoms with Crippen molar-refractivity contribution in [2.24, 2.45) is 0 Å². The molecular formula is C7H12NO. The van der Waals surface area contributed by atoms with E-state index < -0.39 is 0 Å². The van der Waals surface area contributed by atoms with Gasteiger partial charge in [0.2, 0.25) is 5.91 Å². The lowest BCUT2D eigenvalue weighted by Crippen LogP contribution is -2.20. The Balaban J connectivity index is 2.31. The molecule has 0 saturated carbocycles. The summed E-state index contributed by atoms with van der Waals surface area (Å²) in [5, 5.41) is 0. The molecule has 51 valence electrons. The molecule has 0 aromatic carbocycles. The molecule has 0 aromatic heterocycles. The lowest BCUT2D eigenvalue weighted by Gasteiger charge is -2.11. The number of likely N-dealkylation sites (tertiary alicyclic amines) is 1. The standard InChI is InChI=1S/C7H12NO/c1-2-5-8-6-3-4-7(8)9/h5H,2-4,6H2,1H3. The molecule has 1 heterocycles. The van der Waals surface area contributed by atoms with E-state index >= 15 is 0 Å². The molecule has 2 heteroatoms. The fraction of sp³-hybridized carbons (Fsp3) is 0.714. The normalized spacial score (nSPS) is 19.2. The van der Waals surface area contributed by atoms with Crippen LogP contribution in [0.3, 0.4) is 0 Å². The number of hydrogen-bond donors (Lipinski definition) is 0. The van der Waals surface area contributed by atoms with Crippen LogP contribution in [0.1, 0.15) is 26.2 Å². The topological polar surface area (TPSA) is 20.3 Å². The van der Waals surface area contributed by atoms with Crippen molar-refractivity contribution in [1.29, 1.82) is 0 Å². The lowest BCUT2D eigenvalue weighted by atomic mass is 10.4. The second-order valence-electron chi connectivity index (χ2n) is 2.28. The molecule has 0 spiro atoms. The van der Waals surface area contributed by atoms with Crippen LogP contribution in [0.5, 0.6) is 0 Å². The second kappa shape index (κ2) is 2.85. The smallest absolute Gasteiger partial charge is 0.222 e. The Bertz CT molecular complexity index is 111. The van der Waals surface area contributed by atoms with Crippen LogP contribution in [0, 0.1) is 6.54 Å². The lowest BCUT2D eigenvalue weighted by molar-refractivity contribution is -0.126. The summed E-state index contributed by atoms with van der Waals surface area (Å²) in [6.07, 6.45) is 2.75. The molecular weight excluding hydrogens is 114 g/mol. The predicted molar refractivity (Wildman–Crippen MR) is 35.5 cm³/mol. The first kappa shape index (κ1) is 6.59. The van der Waals surface area contributed by atoms with Crippen molar-refractivity contribution in [2.45, 2.75) is 26.2 Å². The van der Waals surface area contributed by atoms with Gasteiger partial charge in [-0.05, 0) is 12.8 Å². The van der Waals surface area contributed by atoms with Crippen LogP contribution < -0.4 is 0 Å². The molecule has 0 atom stereocenters. The Labute approximate surface area is 55.8 Å². The van der Waals surface area contributed by atoms with Crippen LogP contribution in [0.4, 0.5) is 0 Å². The van der Waals surface area contributed by atoms with E-state index in [9.17, 15) is 4.79 Å². The minimum atomic E-state index is 0.289. The fourth-order valence-corrected chi connectivity index (χ4v) is 1.08. The molecule has 1 saturated heterocycles. The van der Waals surface area contributed by atoms with Crippen LogP contribution >= 0.6 is 0 Å². The van der Waals surface area contributed by atoms with E-state index in [1.54, 1.807) is 0 Å². The summed E-state index contributed by atoms with van der Waals surface area (Å²) in [7, 11) is 0. The maximum absolute atomic E-state index is 10.9. The monoisotopic (exact) mass is 126 g/mol. The van der Waals surface area contributed by atoms with E-state index in [-0.39, 0.29) is 5.91 Å². The van der Waals surface area contributed by atoms with Crippen molar-refractivity contribution >= 4 is 5.91 Å². The highest BCUT2D eigenvalue weighted by atomic mass is 16.2. The van der Waals surface area contributed by atoms with Gasteiger partial charge >= 0.3 is 0 Å². The van der Waals surface area contributed by atoms with Crippen molar-refractivity contribution in [2.75, 3.05) is 6.54 Å². The number of carbonyl (C=O) groups excluding carboxylic acids is 1. The summed E-state index contributed by atoms with van der Waals surface area (Å²) >= 11 is 0. The van der Waals surface area contributed by atoms with Gasteiger partial charge < -0.3 is 4.90 Å². The van der Waals surface area contributed by atoms with Gasteiger partial charge in [0.05, 0.1) is 6.54 Å². The Morgan fingerprint density at radius 3 is 3.00 bits per heavy atom. The van der Waals surface area contributed by atoms with Crippen molar-refractivity contribution < 1.29 is 4.79 Å². The van der Waals surface area contributed by atoms with Gasteiger partial charge in [-0.1, -0.05) is 6.92 Å². The SMILES string of the molecule is CC[CH]N1CCCC1=O. The number of carbonyl (C=O) groups is 1. The quantitative estimate of drug-likeness (QED) is 0.544. The fourth-order valence-electron chi connectivity index (χ4n) is 1.08. The molecule has 1 fully saturated rings. The van der Waals surface area contributed by atoms with E-state index in [2.05, 4.69) is 0 Å². The highest BCUT2D eigenvalue weighted by Gasteiger charge is 2.18. The maximum Gasteiger partial charge on any atom is 0.222 e. The van der Waals surface area contributed by atoms with Gasteiger partial charge in [0.1, 0.15) is 0 Å². The molecule has 2 nitrogen and oxygen atoms in total. The number of hydrogen-bond acceptors (Lipinski definition) is 1. The molecule has 1 aliphatic heterocycles. The van der Waals surface area contributed by atoms with Crippen LogP contribution in [-0.4, -0.2) is 17.4 Å². The zero-order valence-electron chi connectivity index (χ0n) is 5.76. The van der Waals surface area contributed by atoms with Crippen molar-refractivity contribution in [1.82, 2.24) is 4.90 Å². The number of nitrogens with zero attached hydrogens (tertiary/aromatic N) is 1. The van der Waals surface area contributed by atoms with E-state index in [0.717, 1.165) is 25.8 Å². The number of amides is 1. The zero-order chi connectivity index (χ0) is 6.69. The Morgan fingerprint density at radius 1 is 1.78 bits per heavy atom. The minimum absolute atomic E-state index is 0.289. The summed E-state index contributed by atoms with van der Waals surface area (Å²) in [6.45, 7) is 4.95. The molecule has 0 bridgehead atoms. The van der Waals surface area contributed by atoms with Gasteiger partial charge in [-0.3, -0.25) is 4.79 Å². The first-order chi connectivity index (χ1) is 4.34. The summed E-state index contributed by atoms with van der Waals surface area (Å²) in [4.78, 5) is 12.7. The van der Waals surface area contributed by atoms with Gasteiger partial charge in [-0.25, -0.2) is 0 Å². The summed E-state index contributed by atoms with van der Waals surface area (Å²) in [5.74, 6) is 0.289.